The fourth-order valence-corrected chi connectivity index (χ4v) is 5.63. The van der Waals surface area contributed by atoms with Crippen LogP contribution < -0.4 is 4.74 Å². The van der Waals surface area contributed by atoms with Crippen LogP contribution >= 0.6 is 0 Å². The van der Waals surface area contributed by atoms with Gasteiger partial charge in [-0.2, -0.15) is 0 Å². The van der Waals surface area contributed by atoms with Crippen LogP contribution in [0.1, 0.15) is 106 Å². The van der Waals surface area contributed by atoms with Crippen molar-refractivity contribution < 1.29 is 23.9 Å². The maximum Gasteiger partial charge on any atom is 0.163 e. The van der Waals surface area contributed by atoms with Crippen molar-refractivity contribution in [3.8, 4) is 5.75 Å². The van der Waals surface area contributed by atoms with Crippen molar-refractivity contribution in [1.82, 2.24) is 0 Å². The lowest BCUT2D eigenvalue weighted by Gasteiger charge is -2.40. The fourth-order valence-electron chi connectivity index (χ4n) is 5.63. The fraction of sp³-hybridized carbons (Fsp3) is 0.531. The molecular weight excluding hydrogens is 464 g/mol. The topological polar surface area (TPSA) is 69.7 Å². The van der Waals surface area contributed by atoms with E-state index in [1.165, 1.54) is 6.92 Å². The monoisotopic (exact) mass is 506 g/mol. The number of hydrogen-bond donors (Lipinski definition) is 0. The maximum absolute atomic E-state index is 13.8. The summed E-state index contributed by atoms with van der Waals surface area (Å²) in [7, 11) is 0. The molecule has 0 heterocycles. The van der Waals surface area contributed by atoms with Crippen LogP contribution in [0.25, 0.3) is 0 Å². The molecule has 1 aliphatic rings. The second-order valence-electron chi connectivity index (χ2n) is 10.6. The van der Waals surface area contributed by atoms with Gasteiger partial charge >= 0.3 is 0 Å². The first-order valence-electron chi connectivity index (χ1n) is 13.6. The summed E-state index contributed by atoms with van der Waals surface area (Å²) in [6.45, 7) is 12.0. The molecule has 0 aliphatic heterocycles. The average molecular weight is 507 g/mol. The van der Waals surface area contributed by atoms with E-state index in [9.17, 15) is 14.4 Å². The molecule has 0 radical (unpaired) electrons. The van der Waals surface area contributed by atoms with Gasteiger partial charge in [0.15, 0.2) is 5.78 Å². The third-order valence-electron chi connectivity index (χ3n) is 8.26. The normalized spacial score (nSPS) is 16.8. The van der Waals surface area contributed by atoms with Crippen molar-refractivity contribution in [2.24, 2.45) is 11.3 Å². The van der Waals surface area contributed by atoms with Gasteiger partial charge in [-0.3, -0.25) is 14.4 Å². The zero-order valence-corrected chi connectivity index (χ0v) is 23.3. The molecule has 3 rings (SSSR count). The van der Waals surface area contributed by atoms with Gasteiger partial charge < -0.3 is 9.47 Å². The summed E-state index contributed by atoms with van der Waals surface area (Å²) in [5, 5.41) is 0. The van der Waals surface area contributed by atoms with Crippen LogP contribution in [0.5, 0.6) is 5.75 Å². The third kappa shape index (κ3) is 6.56. The molecule has 5 heteroatoms. The summed E-state index contributed by atoms with van der Waals surface area (Å²) in [6, 6.07) is 13.8. The highest BCUT2D eigenvalue weighted by atomic mass is 16.5. The van der Waals surface area contributed by atoms with Gasteiger partial charge in [-0.1, -0.05) is 49.7 Å². The number of ketones is 3. The zero-order chi connectivity index (χ0) is 27.2. The van der Waals surface area contributed by atoms with Crippen molar-refractivity contribution in [2.75, 3.05) is 13.2 Å². The number of benzene rings is 2. The Labute approximate surface area is 221 Å². The molecular formula is C32H42O5. The van der Waals surface area contributed by atoms with E-state index < -0.39 is 5.41 Å². The SMILES string of the molecule is CCOc1c(C(C)=O)ccc([C@@H](C)C(CCO[C@H](C)c2ccccc2)C(=O)CC2(C(C)=O)CCC2)c1C. The number of carbonyl (C=O) groups excluding carboxylic acids is 3. The number of ether oxygens (including phenoxy) is 2. The Morgan fingerprint density at radius 2 is 1.68 bits per heavy atom. The van der Waals surface area contributed by atoms with Gasteiger partial charge in [-0.25, -0.2) is 0 Å². The van der Waals surface area contributed by atoms with E-state index in [-0.39, 0.29) is 41.7 Å². The lowest BCUT2D eigenvalue weighted by atomic mass is 9.62. The van der Waals surface area contributed by atoms with Gasteiger partial charge in [-0.05, 0) is 82.6 Å². The van der Waals surface area contributed by atoms with E-state index >= 15 is 0 Å². The van der Waals surface area contributed by atoms with Crippen LogP contribution in [0.15, 0.2) is 42.5 Å². The molecule has 200 valence electrons. The maximum atomic E-state index is 13.8. The molecule has 0 amide bonds. The van der Waals surface area contributed by atoms with Crippen molar-refractivity contribution in [2.45, 2.75) is 85.7 Å². The van der Waals surface area contributed by atoms with E-state index in [1.807, 2.05) is 63.2 Å². The largest absolute Gasteiger partial charge is 0.493 e. The number of rotatable bonds is 14. The predicted molar refractivity (Wildman–Crippen MR) is 146 cm³/mol. The van der Waals surface area contributed by atoms with Crippen molar-refractivity contribution in [3.63, 3.8) is 0 Å². The van der Waals surface area contributed by atoms with E-state index in [0.717, 1.165) is 36.0 Å². The molecule has 5 nitrogen and oxygen atoms in total. The van der Waals surface area contributed by atoms with Crippen LogP contribution in [0.3, 0.4) is 0 Å². The van der Waals surface area contributed by atoms with E-state index in [4.69, 9.17) is 9.47 Å². The zero-order valence-electron chi connectivity index (χ0n) is 23.3. The van der Waals surface area contributed by atoms with Crippen molar-refractivity contribution >= 4 is 17.3 Å². The predicted octanol–water partition coefficient (Wildman–Crippen LogP) is 7.20. The van der Waals surface area contributed by atoms with Crippen LogP contribution in [0, 0.1) is 18.3 Å². The van der Waals surface area contributed by atoms with Crippen molar-refractivity contribution in [3.05, 3.63) is 64.7 Å². The number of hydrogen-bond acceptors (Lipinski definition) is 5. The average Bonchev–Trinajstić information content (AvgIpc) is 2.84. The second kappa shape index (κ2) is 12.6. The molecule has 1 saturated carbocycles. The molecule has 1 aliphatic carbocycles. The molecule has 37 heavy (non-hydrogen) atoms. The Hall–Kier alpha value is -2.79. The van der Waals surface area contributed by atoms with Crippen LogP contribution in [-0.4, -0.2) is 30.6 Å². The summed E-state index contributed by atoms with van der Waals surface area (Å²) in [6.07, 6.45) is 3.34. The third-order valence-corrected chi connectivity index (χ3v) is 8.26. The molecule has 1 fully saturated rings. The molecule has 3 atom stereocenters. The lowest BCUT2D eigenvalue weighted by molar-refractivity contribution is -0.139. The highest BCUT2D eigenvalue weighted by Crippen LogP contribution is 2.47. The Morgan fingerprint density at radius 3 is 2.22 bits per heavy atom. The van der Waals surface area contributed by atoms with Gasteiger partial charge in [0, 0.05) is 24.4 Å². The molecule has 0 bridgehead atoms. The van der Waals surface area contributed by atoms with Gasteiger partial charge in [0.2, 0.25) is 0 Å². The Bertz CT molecular complexity index is 1100. The minimum Gasteiger partial charge on any atom is -0.493 e. The summed E-state index contributed by atoms with van der Waals surface area (Å²) in [5.74, 6) is 0.358. The van der Waals surface area contributed by atoms with Gasteiger partial charge in [0.25, 0.3) is 0 Å². The lowest BCUT2D eigenvalue weighted by Crippen LogP contribution is -2.40. The van der Waals surface area contributed by atoms with E-state index in [0.29, 0.717) is 30.9 Å². The highest BCUT2D eigenvalue weighted by molar-refractivity contribution is 5.97. The van der Waals surface area contributed by atoms with Crippen LogP contribution in [-0.2, 0) is 14.3 Å². The summed E-state index contributed by atoms with van der Waals surface area (Å²) >= 11 is 0. The first-order chi connectivity index (χ1) is 17.6. The first kappa shape index (κ1) is 28.8. The minimum absolute atomic E-state index is 0.0462. The minimum atomic E-state index is -0.503. The smallest absolute Gasteiger partial charge is 0.163 e. The first-order valence-corrected chi connectivity index (χ1v) is 13.6. The number of carbonyl (C=O) groups is 3. The van der Waals surface area contributed by atoms with E-state index in [2.05, 4.69) is 6.92 Å². The Balaban J connectivity index is 1.87. The molecule has 0 spiro atoms. The standard InChI is InChI=1S/C32H42O5/c1-7-36-31-22(3)27(14-15-29(31)23(4)33)21(2)28(30(35)20-32(25(6)34)17-11-18-32)16-19-37-24(5)26-12-9-8-10-13-26/h8-10,12-15,21,24,28H,7,11,16-20H2,1-6H3/t21-,24-,28?/m1/s1. The summed E-state index contributed by atoms with van der Waals surface area (Å²) in [5.41, 5.74) is 3.04. The Morgan fingerprint density at radius 1 is 1.00 bits per heavy atom. The van der Waals surface area contributed by atoms with E-state index in [1.54, 1.807) is 6.92 Å². The molecule has 2 aromatic rings. The molecule has 0 saturated heterocycles. The van der Waals surface area contributed by atoms with Gasteiger partial charge in [0.1, 0.15) is 17.3 Å². The Kier molecular flexibility index (Phi) is 9.83. The highest BCUT2D eigenvalue weighted by Gasteiger charge is 2.44. The molecule has 1 unspecified atom stereocenters. The van der Waals surface area contributed by atoms with Gasteiger partial charge in [-0.15, -0.1) is 0 Å². The van der Waals surface area contributed by atoms with Crippen LogP contribution in [0.2, 0.25) is 0 Å². The quantitative estimate of drug-likeness (QED) is 0.253. The molecule has 0 aromatic heterocycles. The summed E-state index contributed by atoms with van der Waals surface area (Å²) < 4.78 is 12.1. The summed E-state index contributed by atoms with van der Waals surface area (Å²) in [4.78, 5) is 38.5. The van der Waals surface area contributed by atoms with Crippen molar-refractivity contribution in [1.29, 1.82) is 0 Å². The molecule has 2 aromatic carbocycles. The number of Topliss-reactive ketones (excluding diaryl/α,β-unsaturated/α-hetero) is 3. The van der Waals surface area contributed by atoms with Gasteiger partial charge in [0.05, 0.1) is 18.3 Å². The second-order valence-corrected chi connectivity index (χ2v) is 10.6. The van der Waals surface area contributed by atoms with Crippen LogP contribution in [0.4, 0.5) is 0 Å². The molecule has 0 N–H and O–H groups in total.